The largest absolute Gasteiger partial charge is 0.506 e. The molecule has 2 aromatic rings. The Bertz CT molecular complexity index is 790. The molecule has 0 saturated carbocycles. The highest BCUT2D eigenvalue weighted by atomic mass is 16.5. The van der Waals surface area contributed by atoms with Crippen LogP contribution in [0.1, 0.15) is 60.1 Å². The van der Waals surface area contributed by atoms with E-state index in [9.17, 15) is 15.3 Å². The molecule has 0 unspecified atom stereocenters. The van der Waals surface area contributed by atoms with E-state index in [4.69, 9.17) is 4.74 Å². The lowest BCUT2D eigenvalue weighted by atomic mass is 9.91. The van der Waals surface area contributed by atoms with Crippen molar-refractivity contribution in [3.8, 4) is 23.2 Å². The molecule has 2 atom stereocenters. The second kappa shape index (κ2) is 4.45. The number of aryl methyl sites for hydroxylation is 2. The number of phenols is 1. The summed E-state index contributed by atoms with van der Waals surface area (Å²) in [5, 5.41) is 31.7. The third-order valence-corrected chi connectivity index (χ3v) is 5.54. The molecule has 5 nitrogen and oxygen atoms in total. The number of rotatable bonds is 1. The predicted molar refractivity (Wildman–Crippen MR) is 83.2 cm³/mol. The SMILES string of the molecule is Oc1cc2c(cc1-n1c(O)c3c(c1O)[C@H]1CC[C@@H]3O1)CCCC2. The molecule has 120 valence electrons. The summed E-state index contributed by atoms with van der Waals surface area (Å²) in [5.41, 5.74) is 4.19. The van der Waals surface area contributed by atoms with Gasteiger partial charge in [-0.2, -0.15) is 0 Å². The van der Waals surface area contributed by atoms with Crippen LogP contribution >= 0.6 is 0 Å². The van der Waals surface area contributed by atoms with E-state index in [1.807, 2.05) is 6.07 Å². The average Bonchev–Trinajstić information content (AvgIpc) is 3.21. The number of hydrogen-bond donors (Lipinski definition) is 3. The normalized spacial score (nSPS) is 24.7. The first-order valence-corrected chi connectivity index (χ1v) is 8.32. The molecule has 23 heavy (non-hydrogen) atoms. The Labute approximate surface area is 133 Å². The van der Waals surface area contributed by atoms with Crippen LogP contribution in [0.4, 0.5) is 0 Å². The number of ether oxygens (including phenoxy) is 1. The van der Waals surface area contributed by atoms with E-state index in [2.05, 4.69) is 0 Å². The van der Waals surface area contributed by atoms with Gasteiger partial charge in [0.05, 0.1) is 29.0 Å². The molecule has 1 aliphatic carbocycles. The van der Waals surface area contributed by atoms with Crippen LogP contribution in [0, 0.1) is 0 Å². The Morgan fingerprint density at radius 2 is 1.43 bits per heavy atom. The molecular weight excluding hydrogens is 294 g/mol. The molecule has 1 saturated heterocycles. The van der Waals surface area contributed by atoms with Crippen molar-refractivity contribution < 1.29 is 20.1 Å². The van der Waals surface area contributed by atoms with E-state index in [1.54, 1.807) is 6.07 Å². The lowest BCUT2D eigenvalue weighted by molar-refractivity contribution is 0.0682. The van der Waals surface area contributed by atoms with Crippen molar-refractivity contribution in [2.75, 3.05) is 0 Å². The van der Waals surface area contributed by atoms with Gasteiger partial charge >= 0.3 is 0 Å². The van der Waals surface area contributed by atoms with Crippen LogP contribution in [-0.4, -0.2) is 19.9 Å². The third kappa shape index (κ3) is 1.66. The van der Waals surface area contributed by atoms with Crippen molar-refractivity contribution in [1.82, 2.24) is 4.57 Å². The Morgan fingerprint density at radius 1 is 0.870 bits per heavy atom. The molecular formula is C18H19NO4. The molecule has 5 rings (SSSR count). The average molecular weight is 313 g/mol. The van der Waals surface area contributed by atoms with E-state index in [0.29, 0.717) is 16.8 Å². The van der Waals surface area contributed by atoms with Gasteiger partial charge in [-0.1, -0.05) is 0 Å². The Balaban J connectivity index is 1.72. The number of benzene rings is 1. The Morgan fingerprint density at radius 3 is 2.04 bits per heavy atom. The summed E-state index contributed by atoms with van der Waals surface area (Å²) in [7, 11) is 0. The zero-order valence-corrected chi connectivity index (χ0v) is 12.7. The lowest BCUT2D eigenvalue weighted by Gasteiger charge is -2.19. The number of hydrogen-bond acceptors (Lipinski definition) is 4. The summed E-state index contributed by atoms with van der Waals surface area (Å²) >= 11 is 0. The standard InChI is InChI=1S/C18H19NO4/c20-12-8-10-4-2-1-3-9(10)7-11(12)19-17(21)15-13-5-6-14(23-13)16(15)18(19)22/h7-8,13-14,20-22H,1-6H2/t13-,14+. The van der Waals surface area contributed by atoms with Crippen LogP contribution in [0.25, 0.3) is 5.69 Å². The van der Waals surface area contributed by atoms with Gasteiger partial charge in [-0.05, 0) is 61.8 Å². The minimum absolute atomic E-state index is 0.00393. The minimum Gasteiger partial charge on any atom is -0.506 e. The van der Waals surface area contributed by atoms with Crippen LogP contribution in [0.3, 0.4) is 0 Å². The van der Waals surface area contributed by atoms with Crippen LogP contribution in [-0.2, 0) is 17.6 Å². The maximum absolute atomic E-state index is 10.6. The topological polar surface area (TPSA) is 74.9 Å². The lowest BCUT2D eigenvalue weighted by Crippen LogP contribution is -2.05. The zero-order valence-electron chi connectivity index (χ0n) is 12.7. The fourth-order valence-corrected chi connectivity index (χ4v) is 4.45. The fraction of sp³-hybridized carbons (Fsp3) is 0.444. The van der Waals surface area contributed by atoms with E-state index < -0.39 is 0 Å². The maximum Gasteiger partial charge on any atom is 0.205 e. The molecule has 1 aromatic heterocycles. The second-order valence-electron chi connectivity index (χ2n) is 6.82. The van der Waals surface area contributed by atoms with Gasteiger partial charge in [-0.25, -0.2) is 4.57 Å². The molecule has 3 N–H and O–H groups in total. The van der Waals surface area contributed by atoms with Gasteiger partial charge in [0, 0.05) is 0 Å². The second-order valence-corrected chi connectivity index (χ2v) is 6.82. The summed E-state index contributed by atoms with van der Waals surface area (Å²) < 4.78 is 7.14. The number of nitrogens with zero attached hydrogens (tertiary/aromatic N) is 1. The molecule has 2 aliphatic heterocycles. The van der Waals surface area contributed by atoms with Crippen LogP contribution in [0.15, 0.2) is 12.1 Å². The van der Waals surface area contributed by atoms with Crippen LogP contribution in [0.2, 0.25) is 0 Å². The molecule has 3 heterocycles. The van der Waals surface area contributed by atoms with Crippen molar-refractivity contribution in [3.05, 3.63) is 34.4 Å². The van der Waals surface area contributed by atoms with Crippen molar-refractivity contribution in [1.29, 1.82) is 0 Å². The number of aromatic nitrogens is 1. The van der Waals surface area contributed by atoms with Crippen LogP contribution in [0.5, 0.6) is 17.5 Å². The van der Waals surface area contributed by atoms with Gasteiger partial charge in [0.15, 0.2) is 0 Å². The minimum atomic E-state index is -0.137. The zero-order chi connectivity index (χ0) is 15.7. The molecule has 1 aromatic carbocycles. The maximum atomic E-state index is 10.6. The van der Waals surface area contributed by atoms with Gasteiger partial charge in [0.2, 0.25) is 11.8 Å². The van der Waals surface area contributed by atoms with Crippen molar-refractivity contribution >= 4 is 0 Å². The first kappa shape index (κ1) is 13.3. The van der Waals surface area contributed by atoms with Gasteiger partial charge in [0.1, 0.15) is 5.75 Å². The van der Waals surface area contributed by atoms with Crippen LogP contribution < -0.4 is 0 Å². The molecule has 5 heteroatoms. The molecule has 0 radical (unpaired) electrons. The molecule has 0 spiro atoms. The first-order chi connectivity index (χ1) is 11.1. The van der Waals surface area contributed by atoms with E-state index >= 15 is 0 Å². The van der Waals surface area contributed by atoms with Crippen molar-refractivity contribution in [2.45, 2.75) is 50.7 Å². The summed E-state index contributed by atoms with van der Waals surface area (Å²) in [4.78, 5) is 0. The summed E-state index contributed by atoms with van der Waals surface area (Å²) in [6.07, 6.45) is 5.68. The fourth-order valence-electron chi connectivity index (χ4n) is 4.45. The summed E-state index contributed by atoms with van der Waals surface area (Å²) in [6, 6.07) is 3.68. The highest BCUT2D eigenvalue weighted by molar-refractivity contribution is 5.62. The Hall–Kier alpha value is -2.14. The summed E-state index contributed by atoms with van der Waals surface area (Å²) in [5.74, 6) is 0.0877. The molecule has 1 fully saturated rings. The monoisotopic (exact) mass is 313 g/mol. The van der Waals surface area contributed by atoms with Gasteiger partial charge in [0.25, 0.3) is 0 Å². The first-order valence-electron chi connectivity index (χ1n) is 8.32. The number of fused-ring (bicyclic) bond motifs is 6. The molecule has 3 aliphatic rings. The van der Waals surface area contributed by atoms with Gasteiger partial charge in [-0.3, -0.25) is 0 Å². The number of aromatic hydroxyl groups is 3. The van der Waals surface area contributed by atoms with E-state index in [-0.39, 0.29) is 29.7 Å². The highest BCUT2D eigenvalue weighted by Gasteiger charge is 2.45. The van der Waals surface area contributed by atoms with Gasteiger partial charge in [-0.15, -0.1) is 0 Å². The number of phenolic OH excluding ortho intramolecular Hbond substituents is 1. The molecule has 0 amide bonds. The van der Waals surface area contributed by atoms with Crippen molar-refractivity contribution in [2.24, 2.45) is 0 Å². The molecule has 2 bridgehead atoms. The van der Waals surface area contributed by atoms with E-state index in [1.165, 1.54) is 15.7 Å². The van der Waals surface area contributed by atoms with E-state index in [0.717, 1.165) is 38.5 Å². The predicted octanol–water partition coefficient (Wildman–Crippen LogP) is 3.38. The summed E-state index contributed by atoms with van der Waals surface area (Å²) in [6.45, 7) is 0. The Kier molecular flexibility index (Phi) is 2.57. The quantitative estimate of drug-likeness (QED) is 0.754. The smallest absolute Gasteiger partial charge is 0.205 e. The van der Waals surface area contributed by atoms with Crippen molar-refractivity contribution in [3.63, 3.8) is 0 Å². The third-order valence-electron chi connectivity index (χ3n) is 5.54. The van der Waals surface area contributed by atoms with Gasteiger partial charge < -0.3 is 20.1 Å². The highest BCUT2D eigenvalue weighted by Crippen LogP contribution is 2.58.